The standard InChI is InChI=1S/C25H49NO4/c1-3-5-7-9-10-15-19-23-29-24(27)20-16-13-11-14-18-22-26-30-25(28)21-17-12-8-6-4-2/h26H,3-23H2,1-2H3. The number of nitrogens with one attached hydrogen (secondary N) is 1. The van der Waals surface area contributed by atoms with Crippen LogP contribution in [0.1, 0.15) is 136 Å². The summed E-state index contributed by atoms with van der Waals surface area (Å²) in [5.74, 6) is -0.203. The molecule has 5 heteroatoms. The average molecular weight is 428 g/mol. The first-order chi connectivity index (χ1) is 14.7. The molecular formula is C25H49NO4. The Morgan fingerprint density at radius 2 is 1.03 bits per heavy atom. The van der Waals surface area contributed by atoms with Crippen LogP contribution in [0, 0.1) is 0 Å². The molecule has 0 aromatic carbocycles. The highest BCUT2D eigenvalue weighted by molar-refractivity contribution is 5.69. The molecule has 0 heterocycles. The first kappa shape index (κ1) is 28.9. The number of carbonyl (C=O) groups is 2. The molecule has 0 bridgehead atoms. The van der Waals surface area contributed by atoms with E-state index in [9.17, 15) is 9.59 Å². The van der Waals surface area contributed by atoms with Crippen molar-refractivity contribution in [2.24, 2.45) is 0 Å². The van der Waals surface area contributed by atoms with Crippen molar-refractivity contribution in [1.29, 1.82) is 0 Å². The van der Waals surface area contributed by atoms with Gasteiger partial charge in [0.1, 0.15) is 0 Å². The Hall–Kier alpha value is -1.10. The van der Waals surface area contributed by atoms with E-state index in [2.05, 4.69) is 19.3 Å². The van der Waals surface area contributed by atoms with Crippen LogP contribution in [-0.2, 0) is 19.2 Å². The van der Waals surface area contributed by atoms with Crippen molar-refractivity contribution in [3.05, 3.63) is 0 Å². The molecule has 0 aromatic rings. The fraction of sp³-hybridized carbons (Fsp3) is 0.920. The largest absolute Gasteiger partial charge is 0.466 e. The fourth-order valence-electron chi connectivity index (χ4n) is 3.37. The van der Waals surface area contributed by atoms with Crippen LogP contribution in [0.25, 0.3) is 0 Å². The molecule has 5 nitrogen and oxygen atoms in total. The first-order valence-electron chi connectivity index (χ1n) is 12.8. The second kappa shape index (κ2) is 24.2. The minimum atomic E-state index is -0.151. The molecule has 0 atom stereocenters. The lowest BCUT2D eigenvalue weighted by molar-refractivity contribution is -0.151. The quantitative estimate of drug-likeness (QED) is 0.108. The molecule has 0 rings (SSSR count). The summed E-state index contributed by atoms with van der Waals surface area (Å²) in [6.45, 7) is 5.69. The number of rotatable bonds is 23. The van der Waals surface area contributed by atoms with E-state index >= 15 is 0 Å². The van der Waals surface area contributed by atoms with Gasteiger partial charge in [0.2, 0.25) is 0 Å². The molecule has 0 fully saturated rings. The predicted octanol–water partition coefficient (Wildman–Crippen LogP) is 7.03. The molecule has 0 aliphatic heterocycles. The second-order valence-corrected chi connectivity index (χ2v) is 8.39. The monoisotopic (exact) mass is 427 g/mol. The van der Waals surface area contributed by atoms with Gasteiger partial charge in [-0.25, -0.2) is 0 Å². The maximum Gasteiger partial charge on any atom is 0.324 e. The molecule has 30 heavy (non-hydrogen) atoms. The predicted molar refractivity (Wildman–Crippen MR) is 124 cm³/mol. The summed E-state index contributed by atoms with van der Waals surface area (Å²) in [5.41, 5.74) is 2.77. The molecule has 0 saturated carbocycles. The van der Waals surface area contributed by atoms with E-state index in [4.69, 9.17) is 9.57 Å². The van der Waals surface area contributed by atoms with E-state index in [1.165, 1.54) is 57.8 Å². The van der Waals surface area contributed by atoms with Crippen LogP contribution in [0.15, 0.2) is 0 Å². The van der Waals surface area contributed by atoms with Crippen LogP contribution in [0.3, 0.4) is 0 Å². The summed E-state index contributed by atoms with van der Waals surface area (Å²) in [5, 5.41) is 0. The Bertz CT molecular complexity index is 387. The lowest BCUT2D eigenvalue weighted by Gasteiger charge is -2.06. The van der Waals surface area contributed by atoms with Gasteiger partial charge in [-0.15, -0.1) is 0 Å². The van der Waals surface area contributed by atoms with Crippen molar-refractivity contribution in [3.8, 4) is 0 Å². The number of hydroxylamine groups is 1. The summed E-state index contributed by atoms with van der Waals surface area (Å²) in [7, 11) is 0. The molecule has 0 amide bonds. The maximum absolute atomic E-state index is 11.7. The maximum atomic E-state index is 11.7. The zero-order valence-corrected chi connectivity index (χ0v) is 20.0. The topological polar surface area (TPSA) is 64.6 Å². The number of unbranched alkanes of at least 4 members (excludes halogenated alkanes) is 14. The van der Waals surface area contributed by atoms with E-state index in [0.717, 1.165) is 51.4 Å². The van der Waals surface area contributed by atoms with Gasteiger partial charge in [0, 0.05) is 19.4 Å². The lowest BCUT2D eigenvalue weighted by atomic mass is 10.1. The minimum Gasteiger partial charge on any atom is -0.466 e. The van der Waals surface area contributed by atoms with E-state index < -0.39 is 0 Å². The van der Waals surface area contributed by atoms with Gasteiger partial charge in [-0.3, -0.25) is 9.59 Å². The Morgan fingerprint density at radius 3 is 1.63 bits per heavy atom. The van der Waals surface area contributed by atoms with Gasteiger partial charge in [0.25, 0.3) is 0 Å². The van der Waals surface area contributed by atoms with Gasteiger partial charge < -0.3 is 9.57 Å². The number of hydrogen-bond donors (Lipinski definition) is 1. The number of hydrogen-bond acceptors (Lipinski definition) is 5. The van der Waals surface area contributed by atoms with Crippen LogP contribution >= 0.6 is 0 Å². The molecule has 0 aromatic heterocycles. The fourth-order valence-corrected chi connectivity index (χ4v) is 3.37. The van der Waals surface area contributed by atoms with Crippen LogP contribution < -0.4 is 5.48 Å². The average Bonchev–Trinajstić information content (AvgIpc) is 2.74. The molecule has 0 aliphatic carbocycles. The third-order valence-corrected chi connectivity index (χ3v) is 5.34. The van der Waals surface area contributed by atoms with Gasteiger partial charge in [0.05, 0.1) is 6.61 Å². The van der Waals surface area contributed by atoms with Gasteiger partial charge in [0.15, 0.2) is 0 Å². The highest BCUT2D eigenvalue weighted by Crippen LogP contribution is 2.09. The number of ether oxygens (including phenoxy) is 1. The highest BCUT2D eigenvalue weighted by atomic mass is 16.7. The van der Waals surface area contributed by atoms with Gasteiger partial charge in [-0.05, 0) is 25.7 Å². The Balaban J connectivity index is 3.24. The first-order valence-corrected chi connectivity index (χ1v) is 12.8. The Morgan fingerprint density at radius 1 is 0.567 bits per heavy atom. The molecular weight excluding hydrogens is 378 g/mol. The summed E-state index contributed by atoms with van der Waals surface area (Å²) in [6, 6.07) is 0. The van der Waals surface area contributed by atoms with Gasteiger partial charge in [-0.1, -0.05) is 97.3 Å². The molecule has 0 spiro atoms. The smallest absolute Gasteiger partial charge is 0.324 e. The van der Waals surface area contributed by atoms with E-state index in [0.29, 0.717) is 26.0 Å². The van der Waals surface area contributed by atoms with Crippen molar-refractivity contribution in [3.63, 3.8) is 0 Å². The normalized spacial score (nSPS) is 10.9. The molecule has 1 N–H and O–H groups in total. The summed E-state index contributed by atoms with van der Waals surface area (Å²) in [6.07, 6.45) is 20.5. The van der Waals surface area contributed by atoms with Crippen LogP contribution in [0.2, 0.25) is 0 Å². The Kier molecular flexibility index (Phi) is 23.3. The minimum absolute atomic E-state index is 0.0516. The molecule has 0 saturated heterocycles. The van der Waals surface area contributed by atoms with E-state index in [-0.39, 0.29) is 11.9 Å². The highest BCUT2D eigenvalue weighted by Gasteiger charge is 2.04. The number of carbonyl (C=O) groups excluding carboxylic acids is 2. The van der Waals surface area contributed by atoms with Crippen LogP contribution in [0.5, 0.6) is 0 Å². The second-order valence-electron chi connectivity index (χ2n) is 8.39. The molecule has 0 unspecified atom stereocenters. The van der Waals surface area contributed by atoms with E-state index in [1.54, 1.807) is 0 Å². The van der Waals surface area contributed by atoms with Crippen LogP contribution in [0.4, 0.5) is 0 Å². The van der Waals surface area contributed by atoms with Crippen LogP contribution in [-0.4, -0.2) is 25.1 Å². The number of esters is 1. The zero-order chi connectivity index (χ0) is 22.1. The third-order valence-electron chi connectivity index (χ3n) is 5.34. The van der Waals surface area contributed by atoms with Crippen molar-refractivity contribution in [2.75, 3.05) is 13.2 Å². The molecule has 178 valence electrons. The SMILES string of the molecule is CCCCCCCCCOC(=O)CCCCCCCNOC(=O)CCCCCCC. The van der Waals surface area contributed by atoms with Gasteiger partial charge in [-0.2, -0.15) is 5.48 Å². The van der Waals surface area contributed by atoms with Crippen molar-refractivity contribution in [1.82, 2.24) is 5.48 Å². The van der Waals surface area contributed by atoms with Crippen molar-refractivity contribution in [2.45, 2.75) is 136 Å². The van der Waals surface area contributed by atoms with Gasteiger partial charge >= 0.3 is 11.9 Å². The van der Waals surface area contributed by atoms with Crippen molar-refractivity contribution >= 4 is 11.9 Å². The summed E-state index contributed by atoms with van der Waals surface area (Å²) < 4.78 is 5.30. The van der Waals surface area contributed by atoms with Crippen molar-refractivity contribution < 1.29 is 19.2 Å². The summed E-state index contributed by atoms with van der Waals surface area (Å²) >= 11 is 0. The summed E-state index contributed by atoms with van der Waals surface area (Å²) in [4.78, 5) is 28.3. The van der Waals surface area contributed by atoms with E-state index in [1.807, 2.05) is 0 Å². The molecule has 0 radical (unpaired) electrons. The third kappa shape index (κ3) is 23.2. The zero-order valence-electron chi connectivity index (χ0n) is 20.0. The molecule has 0 aliphatic rings. The Labute approximate surface area is 186 Å². The lowest BCUT2D eigenvalue weighted by Crippen LogP contribution is -2.20.